The maximum absolute atomic E-state index is 10.1. The smallest absolute Gasteiger partial charge is 0.179 e. The van der Waals surface area contributed by atoms with E-state index < -0.39 is 8.07 Å². The Morgan fingerprint density at radius 1 is 0.391 bits per heavy atom. The highest BCUT2D eigenvalue weighted by atomic mass is 28.3. The molecule has 0 amide bonds. The molecule has 0 atom stereocenters. The lowest BCUT2D eigenvalue weighted by Crippen LogP contribution is -2.74. The summed E-state index contributed by atoms with van der Waals surface area (Å²) in [6, 6.07) is 82.2. The van der Waals surface area contributed by atoms with Gasteiger partial charge in [0.1, 0.15) is 0 Å². The van der Waals surface area contributed by atoms with Gasteiger partial charge < -0.3 is 4.57 Å². The second-order valence-electron chi connectivity index (χ2n) is 16.3. The lowest BCUT2D eigenvalue weighted by atomic mass is 10.00. The molecular weight excluding hydrogens is 795 g/mol. The maximum Gasteiger partial charge on any atom is 0.179 e. The van der Waals surface area contributed by atoms with Gasteiger partial charge in [-0.3, -0.25) is 0 Å². The number of hydrogen-bond donors (Lipinski definition) is 0. The number of aromatic nitrogens is 4. The van der Waals surface area contributed by atoms with E-state index in [-0.39, 0.29) is 0 Å². The highest BCUT2D eigenvalue weighted by molar-refractivity contribution is 7.19. The quantitative estimate of drug-likeness (QED) is 0.124. The highest BCUT2D eigenvalue weighted by Gasteiger charge is 2.41. The first-order valence-corrected chi connectivity index (χ1v) is 23.5. The van der Waals surface area contributed by atoms with Crippen molar-refractivity contribution in [3.8, 4) is 23.1 Å². The number of benzene rings is 9. The SMILES string of the molecule is N#Cc1ccc2c(c1)c1cc3cc(c4ccccc4c4nc(-c5cccc([Si](c6ccccc6)(c6ccccc6)c6ccccc6)c5)nc(n4)c4ccccc34)c1n2-c1ccccc1. The third-order valence-corrected chi connectivity index (χ3v) is 17.5. The average molecular weight is 832 g/mol. The minimum atomic E-state index is -2.84. The van der Waals surface area contributed by atoms with Crippen LogP contribution in [0.4, 0.5) is 0 Å². The van der Waals surface area contributed by atoms with E-state index in [2.05, 4.69) is 217 Å². The van der Waals surface area contributed by atoms with Gasteiger partial charge in [-0.1, -0.05) is 182 Å². The first-order chi connectivity index (χ1) is 31.7. The molecule has 12 aromatic rings. The first kappa shape index (κ1) is 37.3. The van der Waals surface area contributed by atoms with Crippen molar-refractivity contribution in [1.82, 2.24) is 19.5 Å². The molecule has 0 aliphatic carbocycles. The zero-order valence-corrected chi connectivity index (χ0v) is 35.6. The van der Waals surface area contributed by atoms with Crippen molar-refractivity contribution in [3.05, 3.63) is 230 Å². The Hall–Kier alpha value is -8.50. The summed E-state index contributed by atoms with van der Waals surface area (Å²) in [4.78, 5) is 16.1. The van der Waals surface area contributed by atoms with E-state index in [9.17, 15) is 5.26 Å². The van der Waals surface area contributed by atoms with E-state index in [0.717, 1.165) is 65.4 Å². The second-order valence-corrected chi connectivity index (χ2v) is 20.1. The molecule has 298 valence electrons. The van der Waals surface area contributed by atoms with Gasteiger partial charge in [0.25, 0.3) is 0 Å². The van der Waals surface area contributed by atoms with Gasteiger partial charge in [-0.25, -0.2) is 15.0 Å². The van der Waals surface area contributed by atoms with Crippen LogP contribution in [0.25, 0.3) is 82.5 Å². The minimum absolute atomic E-state index is 0.600. The Morgan fingerprint density at radius 2 is 0.891 bits per heavy atom. The Kier molecular flexibility index (Phi) is 8.82. The number of para-hydroxylation sites is 1. The molecule has 12 rings (SSSR count). The fourth-order valence-electron chi connectivity index (χ4n) is 9.97. The van der Waals surface area contributed by atoms with Crippen molar-refractivity contribution in [2.24, 2.45) is 0 Å². The van der Waals surface area contributed by atoms with Gasteiger partial charge >= 0.3 is 0 Å². The normalized spacial score (nSPS) is 11.7. The molecule has 0 radical (unpaired) electrons. The van der Waals surface area contributed by atoms with Gasteiger partial charge in [-0.05, 0) is 79.4 Å². The maximum atomic E-state index is 10.1. The summed E-state index contributed by atoms with van der Waals surface area (Å²) in [7, 11) is -2.84. The molecule has 0 unspecified atom stereocenters. The highest BCUT2D eigenvalue weighted by Crippen LogP contribution is 2.40. The van der Waals surface area contributed by atoms with Crippen molar-refractivity contribution in [1.29, 1.82) is 5.26 Å². The Labute approximate surface area is 370 Å². The van der Waals surface area contributed by atoms with E-state index in [1.807, 2.05) is 18.2 Å². The lowest BCUT2D eigenvalue weighted by molar-refractivity contribution is 1.18. The zero-order valence-electron chi connectivity index (χ0n) is 34.6. The summed E-state index contributed by atoms with van der Waals surface area (Å²) < 4.78 is 2.33. The Morgan fingerprint density at radius 3 is 1.48 bits per heavy atom. The third-order valence-electron chi connectivity index (χ3n) is 12.8. The topological polar surface area (TPSA) is 67.4 Å². The van der Waals surface area contributed by atoms with Gasteiger partial charge in [0.05, 0.1) is 22.7 Å². The van der Waals surface area contributed by atoms with Crippen molar-refractivity contribution in [3.63, 3.8) is 0 Å². The minimum Gasteiger partial charge on any atom is -0.309 e. The fraction of sp³-hybridized carbons (Fsp3) is 0. The van der Waals surface area contributed by atoms with Crippen molar-refractivity contribution < 1.29 is 0 Å². The first-order valence-electron chi connectivity index (χ1n) is 21.5. The van der Waals surface area contributed by atoms with Crippen molar-refractivity contribution in [2.45, 2.75) is 0 Å². The van der Waals surface area contributed by atoms with Crippen LogP contribution in [0.15, 0.2) is 224 Å². The number of hydrogen-bond acceptors (Lipinski definition) is 4. The number of fused-ring (bicyclic) bond motifs is 14. The van der Waals surface area contributed by atoms with Gasteiger partial charge in [-0.2, -0.15) is 5.26 Å². The average Bonchev–Trinajstić information content (AvgIpc) is 3.71. The van der Waals surface area contributed by atoms with Crippen LogP contribution < -0.4 is 20.7 Å². The van der Waals surface area contributed by atoms with E-state index in [1.165, 1.54) is 20.7 Å². The summed E-state index contributed by atoms with van der Waals surface area (Å²) in [5, 5.41) is 23.2. The zero-order chi connectivity index (χ0) is 42.6. The monoisotopic (exact) mass is 831 g/mol. The number of nitriles is 1. The second kappa shape index (κ2) is 15.1. The summed E-state index contributed by atoms with van der Waals surface area (Å²) in [5.74, 6) is 0.611. The van der Waals surface area contributed by atoms with Crippen LogP contribution in [-0.2, 0) is 0 Å². The van der Waals surface area contributed by atoms with Gasteiger partial charge in [0.2, 0.25) is 0 Å². The molecule has 6 heteroatoms. The fourth-order valence-corrected chi connectivity index (χ4v) is 14.8. The number of rotatable bonds is 6. The Balaban J connectivity index is 1.21. The molecule has 0 N–H and O–H groups in total. The lowest BCUT2D eigenvalue weighted by Gasteiger charge is -2.34. The molecule has 0 fully saturated rings. The summed E-state index contributed by atoms with van der Waals surface area (Å²) in [6.45, 7) is 0. The van der Waals surface area contributed by atoms with E-state index >= 15 is 0 Å². The van der Waals surface area contributed by atoms with E-state index in [0.29, 0.717) is 22.7 Å². The molecule has 0 saturated carbocycles. The summed E-state index contributed by atoms with van der Waals surface area (Å²) in [6.07, 6.45) is 0. The van der Waals surface area contributed by atoms with Crippen LogP contribution in [0.5, 0.6) is 0 Å². The molecule has 64 heavy (non-hydrogen) atoms. The van der Waals surface area contributed by atoms with Gasteiger partial charge in [0, 0.05) is 38.2 Å². The van der Waals surface area contributed by atoms with Crippen molar-refractivity contribution in [2.75, 3.05) is 0 Å². The van der Waals surface area contributed by atoms with Crippen LogP contribution >= 0.6 is 0 Å². The molecule has 3 heterocycles. The van der Waals surface area contributed by atoms with Gasteiger partial charge in [-0.15, -0.1) is 0 Å². The largest absolute Gasteiger partial charge is 0.309 e. The predicted molar refractivity (Wildman–Crippen MR) is 267 cm³/mol. The van der Waals surface area contributed by atoms with E-state index in [4.69, 9.17) is 15.0 Å². The van der Waals surface area contributed by atoms with Crippen LogP contribution in [0.1, 0.15) is 5.56 Å². The number of nitrogens with zero attached hydrogens (tertiary/aromatic N) is 5. The van der Waals surface area contributed by atoms with Crippen LogP contribution in [-0.4, -0.2) is 27.6 Å². The Bertz CT molecular complexity index is 3750. The molecular formula is C58H37N5Si. The van der Waals surface area contributed by atoms with Crippen molar-refractivity contribution >= 4 is 94.2 Å². The molecule has 0 aliphatic rings. The summed E-state index contributed by atoms with van der Waals surface area (Å²) >= 11 is 0. The molecule has 3 aromatic heterocycles. The van der Waals surface area contributed by atoms with E-state index in [1.54, 1.807) is 0 Å². The summed E-state index contributed by atoms with van der Waals surface area (Å²) in [5.41, 5.74) is 5.87. The van der Waals surface area contributed by atoms with Crippen LogP contribution in [0, 0.1) is 11.3 Å². The molecule has 0 saturated heterocycles. The molecule has 5 nitrogen and oxygen atoms in total. The van der Waals surface area contributed by atoms with Crippen LogP contribution in [0.2, 0.25) is 0 Å². The molecule has 9 aromatic carbocycles. The van der Waals surface area contributed by atoms with Crippen LogP contribution in [0.3, 0.4) is 0 Å². The predicted octanol–water partition coefficient (Wildman–Crippen LogP) is 11.1. The standard InChI is InChI=1S/C58H37N5Si/c59-38-39-32-33-54-51(34-39)53-37-41-36-52(55(53)63(54)42-19-5-1-6-20-42)48-29-14-16-31-50(48)58-61-56(60-57(62-58)49-30-15-13-28-47(41)49)40-18-17-27-46(35-40)64(43-21-7-2-8-22-43,44-23-9-3-10-24-44)45-25-11-4-12-26-45/h1-37H. The molecule has 0 spiro atoms. The molecule has 4 bridgehead atoms. The molecule has 0 aliphatic heterocycles. The third kappa shape index (κ3) is 5.87. The van der Waals surface area contributed by atoms with Gasteiger partial charge in [0.15, 0.2) is 25.2 Å².